The Labute approximate surface area is 187 Å². The molecular formula is C23H29N7O2. The van der Waals surface area contributed by atoms with Crippen LogP contribution in [0.2, 0.25) is 0 Å². The molecule has 2 aliphatic heterocycles. The number of nitrogens with zero attached hydrogens (tertiary/aromatic N) is 5. The first-order valence-electron chi connectivity index (χ1n) is 11.0. The number of hydrogen-bond donors (Lipinski definition) is 2. The zero-order valence-electron chi connectivity index (χ0n) is 18.9. The standard InChI is InChI=1S/C23H29N7O2/c1-5-18-21-22(30-12-17(31-3)9-16(30)10-24-21)28-23(27-18)26-15-6-7-19(20(8-15)32-4)29-11-14(2)25-13-29/h6-8,11,13,16-17,24H,5,9-10,12H2,1-4H3,(H,26,27,28). The van der Waals surface area contributed by atoms with Crippen LogP contribution >= 0.6 is 0 Å². The lowest BCUT2D eigenvalue weighted by Crippen LogP contribution is -2.40. The fourth-order valence-electron chi connectivity index (χ4n) is 4.56. The zero-order valence-corrected chi connectivity index (χ0v) is 18.9. The van der Waals surface area contributed by atoms with Gasteiger partial charge in [-0.3, -0.25) is 0 Å². The highest BCUT2D eigenvalue weighted by atomic mass is 16.5. The molecule has 2 unspecified atom stereocenters. The molecule has 2 aliphatic rings. The summed E-state index contributed by atoms with van der Waals surface area (Å²) < 4.78 is 13.2. The summed E-state index contributed by atoms with van der Waals surface area (Å²) in [6.45, 7) is 5.82. The Balaban J connectivity index is 1.46. The number of anilines is 4. The summed E-state index contributed by atoms with van der Waals surface area (Å²) in [5, 5.41) is 6.94. The lowest BCUT2D eigenvalue weighted by Gasteiger charge is -2.34. The normalized spacial score (nSPS) is 19.3. The Bertz CT molecular complexity index is 1130. The minimum absolute atomic E-state index is 0.229. The van der Waals surface area contributed by atoms with Gasteiger partial charge in [-0.05, 0) is 31.9 Å². The molecule has 1 aromatic carbocycles. The van der Waals surface area contributed by atoms with Crippen LogP contribution in [0, 0.1) is 6.92 Å². The second-order valence-corrected chi connectivity index (χ2v) is 8.26. The van der Waals surface area contributed by atoms with Crippen molar-refractivity contribution in [2.75, 3.05) is 42.8 Å². The number of rotatable bonds is 6. The molecule has 2 N–H and O–H groups in total. The third-order valence-electron chi connectivity index (χ3n) is 6.22. The van der Waals surface area contributed by atoms with E-state index in [9.17, 15) is 0 Å². The molecular weight excluding hydrogens is 406 g/mol. The van der Waals surface area contributed by atoms with E-state index in [0.29, 0.717) is 12.0 Å². The zero-order chi connectivity index (χ0) is 22.2. The molecule has 2 atom stereocenters. The molecule has 0 saturated carbocycles. The van der Waals surface area contributed by atoms with Gasteiger partial charge in [-0.2, -0.15) is 4.98 Å². The first kappa shape index (κ1) is 20.6. The molecule has 0 aliphatic carbocycles. The van der Waals surface area contributed by atoms with Gasteiger partial charge in [0.15, 0.2) is 5.82 Å². The number of nitrogens with one attached hydrogen (secondary N) is 2. The summed E-state index contributed by atoms with van der Waals surface area (Å²) >= 11 is 0. The van der Waals surface area contributed by atoms with Crippen molar-refractivity contribution in [1.29, 1.82) is 0 Å². The van der Waals surface area contributed by atoms with Crippen LogP contribution in [0.15, 0.2) is 30.7 Å². The second-order valence-electron chi connectivity index (χ2n) is 8.26. The van der Waals surface area contributed by atoms with Gasteiger partial charge in [0.2, 0.25) is 5.95 Å². The van der Waals surface area contributed by atoms with Crippen molar-refractivity contribution < 1.29 is 9.47 Å². The summed E-state index contributed by atoms with van der Waals surface area (Å²) in [5.74, 6) is 2.27. The predicted molar refractivity (Wildman–Crippen MR) is 125 cm³/mol. The Morgan fingerprint density at radius 3 is 2.84 bits per heavy atom. The van der Waals surface area contributed by atoms with E-state index in [1.54, 1.807) is 20.5 Å². The number of methoxy groups -OCH3 is 2. The van der Waals surface area contributed by atoms with E-state index < -0.39 is 0 Å². The second kappa shape index (κ2) is 8.31. The van der Waals surface area contributed by atoms with Crippen molar-refractivity contribution in [3.05, 3.63) is 42.1 Å². The Morgan fingerprint density at radius 1 is 1.25 bits per heavy atom. The maximum absolute atomic E-state index is 5.64. The van der Waals surface area contributed by atoms with Crippen LogP contribution in [0.5, 0.6) is 5.75 Å². The van der Waals surface area contributed by atoms with Crippen LogP contribution in [0.3, 0.4) is 0 Å². The monoisotopic (exact) mass is 435 g/mol. The minimum atomic E-state index is 0.229. The molecule has 1 saturated heterocycles. The lowest BCUT2D eigenvalue weighted by atomic mass is 10.1. The highest BCUT2D eigenvalue weighted by Crippen LogP contribution is 2.38. The SMILES string of the molecule is CCc1nc(Nc2ccc(-n3cnc(C)c3)c(OC)c2)nc2c1NCC1CC(OC)CN21. The molecule has 3 aromatic rings. The van der Waals surface area contributed by atoms with Crippen LogP contribution in [0.25, 0.3) is 5.69 Å². The van der Waals surface area contributed by atoms with Gasteiger partial charge >= 0.3 is 0 Å². The average Bonchev–Trinajstić information content (AvgIpc) is 3.44. The van der Waals surface area contributed by atoms with E-state index in [2.05, 4.69) is 27.4 Å². The number of aromatic nitrogens is 4. The van der Waals surface area contributed by atoms with Crippen LogP contribution in [-0.4, -0.2) is 59.0 Å². The lowest BCUT2D eigenvalue weighted by molar-refractivity contribution is 0.118. The largest absolute Gasteiger partial charge is 0.494 e. The molecule has 0 spiro atoms. The molecule has 0 bridgehead atoms. The van der Waals surface area contributed by atoms with Crippen molar-refractivity contribution in [2.24, 2.45) is 0 Å². The predicted octanol–water partition coefficient (Wildman–Crippen LogP) is 3.30. The van der Waals surface area contributed by atoms with Crippen molar-refractivity contribution in [1.82, 2.24) is 19.5 Å². The highest BCUT2D eigenvalue weighted by molar-refractivity contribution is 5.74. The summed E-state index contributed by atoms with van der Waals surface area (Å²) in [4.78, 5) is 16.4. The molecule has 4 heterocycles. The van der Waals surface area contributed by atoms with Gasteiger partial charge in [0.05, 0.1) is 48.3 Å². The van der Waals surface area contributed by atoms with Crippen LogP contribution in [-0.2, 0) is 11.2 Å². The molecule has 9 nitrogen and oxygen atoms in total. The number of benzene rings is 1. The molecule has 1 fully saturated rings. The topological polar surface area (TPSA) is 89.4 Å². The third-order valence-corrected chi connectivity index (χ3v) is 6.22. The Hall–Kier alpha value is -3.33. The highest BCUT2D eigenvalue weighted by Gasteiger charge is 2.38. The van der Waals surface area contributed by atoms with Crippen LogP contribution in [0.4, 0.5) is 23.1 Å². The summed E-state index contributed by atoms with van der Waals surface area (Å²) in [7, 11) is 3.45. The molecule has 168 valence electrons. The van der Waals surface area contributed by atoms with Crippen molar-refractivity contribution >= 4 is 23.1 Å². The molecule has 5 rings (SSSR count). The number of imidazole rings is 1. The molecule has 0 radical (unpaired) electrons. The Kier molecular flexibility index (Phi) is 5.34. The molecule has 9 heteroatoms. The van der Waals surface area contributed by atoms with Gasteiger partial charge in [0.25, 0.3) is 0 Å². The van der Waals surface area contributed by atoms with E-state index in [4.69, 9.17) is 19.4 Å². The van der Waals surface area contributed by atoms with E-state index in [1.807, 2.05) is 35.9 Å². The maximum Gasteiger partial charge on any atom is 0.229 e. The quantitative estimate of drug-likeness (QED) is 0.610. The van der Waals surface area contributed by atoms with Gasteiger partial charge in [-0.15, -0.1) is 0 Å². The summed E-state index contributed by atoms with van der Waals surface area (Å²) in [6.07, 6.45) is 5.81. The fourth-order valence-corrected chi connectivity index (χ4v) is 4.56. The van der Waals surface area contributed by atoms with Gasteiger partial charge in [0, 0.05) is 38.1 Å². The van der Waals surface area contributed by atoms with E-state index in [0.717, 1.165) is 65.9 Å². The summed E-state index contributed by atoms with van der Waals surface area (Å²) in [6, 6.07) is 6.34. The first-order valence-corrected chi connectivity index (χ1v) is 11.0. The van der Waals surface area contributed by atoms with Gasteiger partial charge in [0.1, 0.15) is 5.75 Å². The fraction of sp³-hybridized carbons (Fsp3) is 0.435. The average molecular weight is 436 g/mol. The van der Waals surface area contributed by atoms with E-state index in [1.165, 1.54) is 0 Å². The minimum Gasteiger partial charge on any atom is -0.494 e. The molecule has 32 heavy (non-hydrogen) atoms. The Morgan fingerprint density at radius 2 is 2.12 bits per heavy atom. The van der Waals surface area contributed by atoms with E-state index in [-0.39, 0.29) is 6.10 Å². The number of fused-ring (bicyclic) bond motifs is 3. The van der Waals surface area contributed by atoms with Gasteiger partial charge in [-0.25, -0.2) is 9.97 Å². The number of aryl methyl sites for hydroxylation is 2. The number of ether oxygens (including phenoxy) is 2. The van der Waals surface area contributed by atoms with Crippen molar-refractivity contribution in [3.8, 4) is 11.4 Å². The van der Waals surface area contributed by atoms with Crippen LogP contribution < -0.4 is 20.3 Å². The van der Waals surface area contributed by atoms with Gasteiger partial charge < -0.3 is 29.6 Å². The molecule has 2 aromatic heterocycles. The number of hydrogen-bond acceptors (Lipinski definition) is 8. The van der Waals surface area contributed by atoms with E-state index >= 15 is 0 Å². The summed E-state index contributed by atoms with van der Waals surface area (Å²) in [5.41, 5.74) is 4.78. The molecule has 0 amide bonds. The first-order chi connectivity index (χ1) is 15.6. The van der Waals surface area contributed by atoms with Crippen LogP contribution in [0.1, 0.15) is 24.7 Å². The maximum atomic E-state index is 5.64. The van der Waals surface area contributed by atoms with Crippen molar-refractivity contribution in [2.45, 2.75) is 38.8 Å². The third kappa shape index (κ3) is 3.62. The van der Waals surface area contributed by atoms with Gasteiger partial charge in [-0.1, -0.05) is 6.92 Å². The smallest absolute Gasteiger partial charge is 0.229 e. The van der Waals surface area contributed by atoms with Crippen molar-refractivity contribution in [3.63, 3.8) is 0 Å².